The van der Waals surface area contributed by atoms with Gasteiger partial charge in [0.25, 0.3) is 0 Å². The first-order valence-electron chi connectivity index (χ1n) is 10.8. The van der Waals surface area contributed by atoms with Gasteiger partial charge in [0.05, 0.1) is 18.2 Å². The van der Waals surface area contributed by atoms with Gasteiger partial charge in [-0.3, -0.25) is 0 Å². The fourth-order valence-electron chi connectivity index (χ4n) is 3.88. The standard InChI is InChI=1S/C27H23N5O/c1-33-27-29-16-21(17-30-27)25-31-24-15-9-8-14-22(24)26(32-25)28-18-23(19-10-4-2-5-11-19)20-12-6-3-7-13-20/h2-17,23H,18H2,1H3,(H,28,31,32). The van der Waals surface area contributed by atoms with E-state index in [1.165, 1.54) is 11.1 Å². The minimum Gasteiger partial charge on any atom is -0.467 e. The van der Waals surface area contributed by atoms with Crippen LogP contribution in [0.15, 0.2) is 97.3 Å². The molecule has 162 valence electrons. The normalized spacial score (nSPS) is 11.0. The van der Waals surface area contributed by atoms with Crippen LogP contribution in [0, 0.1) is 0 Å². The van der Waals surface area contributed by atoms with Gasteiger partial charge in [0, 0.05) is 30.2 Å². The number of para-hydroxylation sites is 1. The highest BCUT2D eigenvalue weighted by Gasteiger charge is 2.16. The number of aromatic nitrogens is 4. The topological polar surface area (TPSA) is 72.8 Å². The van der Waals surface area contributed by atoms with E-state index in [4.69, 9.17) is 14.7 Å². The molecular formula is C27H23N5O. The molecule has 2 heterocycles. The Bertz CT molecular complexity index is 1300. The van der Waals surface area contributed by atoms with Crippen molar-refractivity contribution in [2.75, 3.05) is 19.0 Å². The Labute approximate surface area is 192 Å². The van der Waals surface area contributed by atoms with Crippen LogP contribution < -0.4 is 10.1 Å². The van der Waals surface area contributed by atoms with Crippen LogP contribution in [0.2, 0.25) is 0 Å². The first-order chi connectivity index (χ1) is 16.3. The Morgan fingerprint density at radius 3 is 2.00 bits per heavy atom. The van der Waals surface area contributed by atoms with E-state index in [-0.39, 0.29) is 5.92 Å². The van der Waals surface area contributed by atoms with Gasteiger partial charge in [0.2, 0.25) is 0 Å². The molecule has 0 bridgehead atoms. The third kappa shape index (κ3) is 4.50. The zero-order valence-corrected chi connectivity index (χ0v) is 18.2. The summed E-state index contributed by atoms with van der Waals surface area (Å²) < 4.78 is 5.07. The fourth-order valence-corrected chi connectivity index (χ4v) is 3.88. The summed E-state index contributed by atoms with van der Waals surface area (Å²) in [4.78, 5) is 18.0. The SMILES string of the molecule is COc1ncc(-c2nc(NCC(c3ccccc3)c3ccccc3)c3ccccc3n2)cn1. The number of hydrogen-bond donors (Lipinski definition) is 1. The average molecular weight is 434 g/mol. The van der Waals surface area contributed by atoms with Crippen LogP contribution in [-0.2, 0) is 0 Å². The van der Waals surface area contributed by atoms with E-state index in [1.807, 2.05) is 36.4 Å². The summed E-state index contributed by atoms with van der Waals surface area (Å²) in [7, 11) is 1.54. The van der Waals surface area contributed by atoms with E-state index in [2.05, 4.69) is 63.8 Å². The number of ether oxygens (including phenoxy) is 1. The van der Waals surface area contributed by atoms with Crippen molar-refractivity contribution < 1.29 is 4.74 Å². The molecule has 6 heteroatoms. The molecule has 0 unspecified atom stereocenters. The molecule has 1 N–H and O–H groups in total. The lowest BCUT2D eigenvalue weighted by Crippen LogP contribution is -2.15. The highest BCUT2D eigenvalue weighted by molar-refractivity contribution is 5.90. The van der Waals surface area contributed by atoms with Crippen LogP contribution in [0.5, 0.6) is 6.01 Å². The molecular weight excluding hydrogens is 410 g/mol. The molecule has 0 saturated heterocycles. The molecule has 0 aliphatic rings. The van der Waals surface area contributed by atoms with Gasteiger partial charge in [-0.1, -0.05) is 72.8 Å². The molecule has 0 atom stereocenters. The summed E-state index contributed by atoms with van der Waals surface area (Å²) in [6.07, 6.45) is 3.35. The lowest BCUT2D eigenvalue weighted by Gasteiger charge is -2.20. The van der Waals surface area contributed by atoms with Crippen molar-refractivity contribution in [2.24, 2.45) is 0 Å². The predicted octanol–water partition coefficient (Wildman–Crippen LogP) is 5.34. The quantitative estimate of drug-likeness (QED) is 0.374. The van der Waals surface area contributed by atoms with Gasteiger partial charge in [-0.15, -0.1) is 0 Å². The van der Waals surface area contributed by atoms with Crippen molar-refractivity contribution in [3.05, 3.63) is 108 Å². The maximum absolute atomic E-state index is 5.07. The van der Waals surface area contributed by atoms with Crippen LogP contribution in [0.25, 0.3) is 22.3 Å². The number of fused-ring (bicyclic) bond motifs is 1. The number of methoxy groups -OCH3 is 1. The van der Waals surface area contributed by atoms with Crippen LogP contribution in [0.3, 0.4) is 0 Å². The van der Waals surface area contributed by atoms with Crippen molar-refractivity contribution in [3.63, 3.8) is 0 Å². The Morgan fingerprint density at radius 1 is 0.758 bits per heavy atom. The molecule has 33 heavy (non-hydrogen) atoms. The minimum absolute atomic E-state index is 0.175. The molecule has 5 aromatic rings. The monoisotopic (exact) mass is 433 g/mol. The van der Waals surface area contributed by atoms with Crippen molar-refractivity contribution in [2.45, 2.75) is 5.92 Å². The van der Waals surface area contributed by atoms with E-state index in [0.717, 1.165) is 22.3 Å². The van der Waals surface area contributed by atoms with E-state index in [9.17, 15) is 0 Å². The van der Waals surface area contributed by atoms with E-state index in [1.54, 1.807) is 19.5 Å². The molecule has 3 aromatic carbocycles. The van der Waals surface area contributed by atoms with Gasteiger partial charge >= 0.3 is 6.01 Å². The molecule has 0 saturated carbocycles. The zero-order valence-electron chi connectivity index (χ0n) is 18.2. The highest BCUT2D eigenvalue weighted by atomic mass is 16.5. The Balaban J connectivity index is 1.52. The number of nitrogens with zero attached hydrogens (tertiary/aromatic N) is 4. The number of hydrogen-bond acceptors (Lipinski definition) is 6. The van der Waals surface area contributed by atoms with Gasteiger partial charge < -0.3 is 10.1 Å². The smallest absolute Gasteiger partial charge is 0.316 e. The zero-order chi connectivity index (χ0) is 22.5. The van der Waals surface area contributed by atoms with Gasteiger partial charge in [0.15, 0.2) is 5.82 Å². The van der Waals surface area contributed by atoms with E-state index >= 15 is 0 Å². The highest BCUT2D eigenvalue weighted by Crippen LogP contribution is 2.28. The molecule has 2 aromatic heterocycles. The second-order valence-corrected chi connectivity index (χ2v) is 7.63. The summed E-state index contributed by atoms with van der Waals surface area (Å²) in [6, 6.07) is 29.4. The van der Waals surface area contributed by atoms with Crippen LogP contribution in [0.4, 0.5) is 5.82 Å². The maximum atomic E-state index is 5.07. The first kappa shape index (κ1) is 20.6. The fraction of sp³-hybridized carbons (Fsp3) is 0.111. The van der Waals surface area contributed by atoms with Gasteiger partial charge in [-0.2, -0.15) is 0 Å². The third-order valence-electron chi connectivity index (χ3n) is 5.55. The second kappa shape index (κ2) is 9.44. The van der Waals surface area contributed by atoms with Crippen molar-refractivity contribution in [1.82, 2.24) is 19.9 Å². The van der Waals surface area contributed by atoms with Gasteiger partial charge in [-0.05, 0) is 23.3 Å². The lowest BCUT2D eigenvalue weighted by atomic mass is 9.91. The lowest BCUT2D eigenvalue weighted by molar-refractivity contribution is 0.380. The van der Waals surface area contributed by atoms with Gasteiger partial charge in [-0.25, -0.2) is 19.9 Å². The average Bonchev–Trinajstić information content (AvgIpc) is 2.90. The first-order valence-corrected chi connectivity index (χ1v) is 10.8. The number of benzene rings is 3. The largest absolute Gasteiger partial charge is 0.467 e. The molecule has 5 rings (SSSR count). The molecule has 0 fully saturated rings. The molecule has 0 spiro atoms. The second-order valence-electron chi connectivity index (χ2n) is 7.63. The summed E-state index contributed by atoms with van der Waals surface area (Å²) >= 11 is 0. The summed E-state index contributed by atoms with van der Waals surface area (Å²) in [5.74, 6) is 1.52. The number of rotatable bonds is 7. The maximum Gasteiger partial charge on any atom is 0.316 e. The molecule has 0 amide bonds. The van der Waals surface area contributed by atoms with Crippen molar-refractivity contribution >= 4 is 16.7 Å². The number of nitrogens with one attached hydrogen (secondary N) is 1. The van der Waals surface area contributed by atoms with E-state index < -0.39 is 0 Å². The Kier molecular flexibility index (Phi) is 5.89. The number of anilines is 1. The predicted molar refractivity (Wildman–Crippen MR) is 130 cm³/mol. The Hall–Kier alpha value is -4.32. The Morgan fingerprint density at radius 2 is 1.36 bits per heavy atom. The van der Waals surface area contributed by atoms with Crippen molar-refractivity contribution in [1.29, 1.82) is 0 Å². The van der Waals surface area contributed by atoms with E-state index in [0.29, 0.717) is 18.4 Å². The van der Waals surface area contributed by atoms with Crippen molar-refractivity contribution in [3.8, 4) is 17.4 Å². The molecule has 6 nitrogen and oxygen atoms in total. The summed E-state index contributed by atoms with van der Waals surface area (Å²) in [5, 5.41) is 4.57. The van der Waals surface area contributed by atoms with Gasteiger partial charge in [0.1, 0.15) is 5.82 Å². The minimum atomic E-state index is 0.175. The molecule has 0 aliphatic carbocycles. The molecule has 0 aliphatic heterocycles. The third-order valence-corrected chi connectivity index (χ3v) is 5.55. The van der Waals surface area contributed by atoms with Crippen LogP contribution in [-0.4, -0.2) is 33.6 Å². The van der Waals surface area contributed by atoms with Crippen LogP contribution >= 0.6 is 0 Å². The van der Waals surface area contributed by atoms with Crippen LogP contribution in [0.1, 0.15) is 17.0 Å². The molecule has 0 radical (unpaired) electrons. The summed E-state index contributed by atoms with van der Waals surface area (Å²) in [5.41, 5.74) is 4.08. The summed E-state index contributed by atoms with van der Waals surface area (Å²) in [6.45, 7) is 0.688.